The lowest BCUT2D eigenvalue weighted by Gasteiger charge is -2.28. The summed E-state index contributed by atoms with van der Waals surface area (Å²) in [7, 11) is -4.59. The number of nitrogens with zero attached hydrogens (tertiary/aromatic N) is 3. The van der Waals surface area contributed by atoms with Gasteiger partial charge in [-0.2, -0.15) is 10.1 Å². The zero-order chi connectivity index (χ0) is 32.5. The molecule has 0 bridgehead atoms. The number of hydrogen-bond acceptors (Lipinski definition) is 11. The number of esters is 1. The lowest BCUT2D eigenvalue weighted by atomic mass is 9.97. The first-order chi connectivity index (χ1) is 20.5. The molecule has 1 fully saturated rings. The predicted octanol–water partition coefficient (Wildman–Crippen LogP) is 3.28. The van der Waals surface area contributed by atoms with Gasteiger partial charge in [-0.25, -0.2) is 17.9 Å². The van der Waals surface area contributed by atoms with Gasteiger partial charge < -0.3 is 29.6 Å². The van der Waals surface area contributed by atoms with E-state index in [1.807, 2.05) is 20.8 Å². The average Bonchev–Trinajstić information content (AvgIpc) is 3.43. The van der Waals surface area contributed by atoms with Crippen LogP contribution in [-0.4, -0.2) is 69.5 Å². The van der Waals surface area contributed by atoms with Gasteiger partial charge in [0.2, 0.25) is 11.7 Å². The quantitative estimate of drug-likeness (QED) is 0.129. The number of halogens is 2. The van der Waals surface area contributed by atoms with Gasteiger partial charge in [-0.05, 0) is 38.3 Å². The van der Waals surface area contributed by atoms with Gasteiger partial charge in [0, 0.05) is 0 Å². The number of rotatable bonds is 12. The van der Waals surface area contributed by atoms with E-state index >= 15 is 8.78 Å². The highest BCUT2D eigenvalue weighted by atomic mass is 31.2. The number of aromatic nitrogens is 4. The summed E-state index contributed by atoms with van der Waals surface area (Å²) in [6.45, 7) is 8.62. The van der Waals surface area contributed by atoms with Crippen LogP contribution in [0.3, 0.4) is 0 Å². The van der Waals surface area contributed by atoms with Crippen LogP contribution in [-0.2, 0) is 23.4 Å². The van der Waals surface area contributed by atoms with Crippen molar-refractivity contribution in [3.8, 4) is 11.6 Å². The lowest BCUT2D eigenvalue weighted by molar-refractivity contribution is -0.752. The van der Waals surface area contributed by atoms with Crippen molar-refractivity contribution in [1.29, 1.82) is 0 Å². The third-order valence-electron chi connectivity index (χ3n) is 6.49. The average molecular weight is 644 g/mol. The number of benzene rings is 1. The largest absolute Gasteiger partial charge is 0.475 e. The van der Waals surface area contributed by atoms with Crippen LogP contribution >= 0.6 is 7.75 Å². The van der Waals surface area contributed by atoms with Crippen molar-refractivity contribution in [1.82, 2.24) is 20.0 Å². The van der Waals surface area contributed by atoms with E-state index in [4.69, 9.17) is 29.0 Å². The number of nitrogens with one attached hydrogen (secondary N) is 2. The summed E-state index contributed by atoms with van der Waals surface area (Å²) in [5.74, 6) is -4.09. The third kappa shape index (κ3) is 7.26. The second-order valence-electron chi connectivity index (χ2n) is 11.7. The first-order valence-corrected chi connectivity index (χ1v) is 15.4. The van der Waals surface area contributed by atoms with E-state index in [-0.39, 0.29) is 47.4 Å². The van der Waals surface area contributed by atoms with Gasteiger partial charge in [-0.3, -0.25) is 14.3 Å². The van der Waals surface area contributed by atoms with Gasteiger partial charge in [0.05, 0.1) is 13.2 Å². The molecule has 4 rings (SSSR count). The van der Waals surface area contributed by atoms with E-state index in [0.29, 0.717) is 0 Å². The number of H-pyrrole nitrogens is 1. The number of ether oxygens (including phenoxy) is 3. The van der Waals surface area contributed by atoms with Gasteiger partial charge in [0.15, 0.2) is 18.1 Å². The number of imidazole rings is 1. The molecule has 1 saturated heterocycles. The number of anilines is 1. The second kappa shape index (κ2) is 12.5. The molecule has 6 atom stereocenters. The van der Waals surface area contributed by atoms with E-state index in [9.17, 15) is 14.5 Å². The molecule has 0 saturated carbocycles. The Bertz CT molecular complexity index is 1520. The van der Waals surface area contributed by atoms with Gasteiger partial charge >= 0.3 is 25.3 Å². The maximum Gasteiger partial charge on any atom is 0.459 e. The van der Waals surface area contributed by atoms with Crippen molar-refractivity contribution < 1.29 is 51.1 Å². The van der Waals surface area contributed by atoms with E-state index in [1.54, 1.807) is 25.1 Å². The van der Waals surface area contributed by atoms with Crippen LogP contribution in [0.4, 0.5) is 14.7 Å². The Morgan fingerprint density at radius 3 is 2.61 bits per heavy atom. The Balaban J connectivity index is 1.59. The Morgan fingerprint density at radius 1 is 1.30 bits per heavy atom. The van der Waals surface area contributed by atoms with Crippen LogP contribution in [0.1, 0.15) is 47.8 Å². The van der Waals surface area contributed by atoms with Crippen molar-refractivity contribution >= 4 is 30.8 Å². The molecule has 1 aliphatic heterocycles. The number of fused-ring (bicyclic) bond motifs is 1. The van der Waals surface area contributed by atoms with Gasteiger partial charge in [0.25, 0.3) is 11.7 Å². The number of aliphatic hydroxyl groups is 1. The maximum atomic E-state index is 16.3. The molecular weight excluding hydrogens is 605 g/mol. The van der Waals surface area contributed by atoms with Crippen molar-refractivity contribution in [3.63, 3.8) is 0 Å². The Labute approximate surface area is 252 Å². The number of para-hydroxylation sites is 1. The fourth-order valence-corrected chi connectivity index (χ4v) is 5.83. The van der Waals surface area contributed by atoms with Crippen LogP contribution in [0.5, 0.6) is 11.6 Å². The SMILES string of the molecule is CCOc1nc(N)nc2c1[nH]c[n+]2C1OC(F)(COP(=O)(NC(C)C(=O)OCC(C)(C)C)Oc2ccccc2)C(O)C1(C)F. The topological polar surface area (TPSA) is 184 Å². The minimum atomic E-state index is -4.59. The van der Waals surface area contributed by atoms with Gasteiger partial charge in [0.1, 0.15) is 18.4 Å². The molecule has 1 aromatic carbocycles. The standard InChI is InChI=1S/C27H37F2N6O8P/c1-7-39-20-18-19(32-24(30)33-20)35(15-31-18)23-26(6,28)22(37)27(29,42-23)14-41-44(38,43-17-11-9-8-10-12-17)34-16(2)21(36)40-13-25(3,4)5/h8-12,15-16,22-23,37H,7,13-14H2,1-6H3,(H3,30,32,33,34,38)/p+1. The number of carbonyl (C=O) groups excluding carboxylic acids is 1. The maximum absolute atomic E-state index is 16.3. The summed E-state index contributed by atoms with van der Waals surface area (Å²) >= 11 is 0. The van der Waals surface area contributed by atoms with E-state index in [1.165, 1.54) is 25.4 Å². The minimum Gasteiger partial charge on any atom is -0.475 e. The summed E-state index contributed by atoms with van der Waals surface area (Å²) < 4.78 is 74.4. The second-order valence-corrected chi connectivity index (χ2v) is 13.4. The van der Waals surface area contributed by atoms with E-state index in [2.05, 4.69) is 20.0 Å². The van der Waals surface area contributed by atoms with E-state index in [0.717, 1.165) is 11.5 Å². The molecule has 6 unspecified atom stereocenters. The smallest absolute Gasteiger partial charge is 0.459 e. The Hall–Kier alpha value is -3.43. The van der Waals surface area contributed by atoms with E-state index < -0.39 is 50.2 Å². The normalized spacial score (nSPS) is 25.8. The molecule has 5 N–H and O–H groups in total. The molecule has 3 aromatic rings. The predicted molar refractivity (Wildman–Crippen MR) is 153 cm³/mol. The zero-order valence-corrected chi connectivity index (χ0v) is 26.1. The first kappa shape index (κ1) is 33.5. The molecule has 0 radical (unpaired) electrons. The number of hydrogen-bond donors (Lipinski definition) is 4. The molecule has 0 amide bonds. The fourth-order valence-electron chi connectivity index (χ4n) is 4.32. The highest BCUT2D eigenvalue weighted by molar-refractivity contribution is 7.52. The number of carbonyl (C=O) groups is 1. The molecule has 14 nitrogen and oxygen atoms in total. The summed E-state index contributed by atoms with van der Waals surface area (Å²) in [4.78, 5) is 23.5. The summed E-state index contributed by atoms with van der Waals surface area (Å²) in [5.41, 5.74) is 2.92. The highest BCUT2D eigenvalue weighted by Gasteiger charge is 2.66. The zero-order valence-electron chi connectivity index (χ0n) is 25.2. The molecule has 242 valence electrons. The number of nitrogen functional groups attached to an aromatic ring is 1. The van der Waals surface area contributed by atoms with Gasteiger partial charge in [-0.1, -0.05) is 44.0 Å². The first-order valence-electron chi connectivity index (χ1n) is 13.8. The van der Waals surface area contributed by atoms with Crippen molar-refractivity contribution in [2.45, 2.75) is 71.4 Å². The lowest BCUT2D eigenvalue weighted by Crippen LogP contribution is -2.51. The Kier molecular flexibility index (Phi) is 9.52. The highest BCUT2D eigenvalue weighted by Crippen LogP contribution is 2.50. The number of aromatic amines is 1. The monoisotopic (exact) mass is 643 g/mol. The molecular formula is C27H38F2N6O8P+. The Morgan fingerprint density at radius 2 is 1.98 bits per heavy atom. The molecule has 0 aliphatic carbocycles. The van der Waals surface area contributed by atoms with Crippen molar-refractivity contribution in [3.05, 3.63) is 36.7 Å². The summed E-state index contributed by atoms with van der Waals surface area (Å²) in [6, 6.07) is 6.54. The van der Waals surface area contributed by atoms with Crippen LogP contribution < -0.4 is 24.6 Å². The molecule has 3 heterocycles. The number of alkyl halides is 2. The summed E-state index contributed by atoms with van der Waals surface area (Å²) in [5, 5.41) is 13.3. The third-order valence-corrected chi connectivity index (χ3v) is 8.11. The van der Waals surface area contributed by atoms with Crippen molar-refractivity contribution in [2.75, 3.05) is 25.6 Å². The molecule has 0 spiro atoms. The van der Waals surface area contributed by atoms with Crippen LogP contribution in [0, 0.1) is 5.41 Å². The molecule has 1 aliphatic rings. The van der Waals surface area contributed by atoms with Crippen molar-refractivity contribution in [2.24, 2.45) is 5.41 Å². The van der Waals surface area contributed by atoms with Crippen LogP contribution in [0.25, 0.3) is 11.2 Å². The molecule has 17 heteroatoms. The van der Waals surface area contributed by atoms with Crippen LogP contribution in [0.15, 0.2) is 36.7 Å². The van der Waals surface area contributed by atoms with Gasteiger partial charge in [-0.15, -0.1) is 0 Å². The molecule has 44 heavy (non-hydrogen) atoms. The minimum absolute atomic E-state index is 0.00883. The molecule has 2 aromatic heterocycles. The number of aliphatic hydroxyl groups excluding tert-OH is 1. The van der Waals surface area contributed by atoms with Crippen LogP contribution in [0.2, 0.25) is 0 Å². The number of nitrogens with two attached hydrogens (primary N) is 1. The summed E-state index contributed by atoms with van der Waals surface area (Å²) in [6.07, 6.45) is -3.02. The fraction of sp³-hybridized carbons (Fsp3) is 0.556.